The highest BCUT2D eigenvalue weighted by atomic mass is 19.4. The quantitative estimate of drug-likeness (QED) is 0.228. The Balaban J connectivity index is 2.18. The zero-order valence-electron chi connectivity index (χ0n) is 9.99. The van der Waals surface area contributed by atoms with Crippen LogP contribution in [0.15, 0.2) is 5.16 Å². The molecule has 1 rings (SSSR count). The summed E-state index contributed by atoms with van der Waals surface area (Å²) in [6.45, 7) is -0.187. The molecule has 0 unspecified atom stereocenters. The fourth-order valence-corrected chi connectivity index (χ4v) is 1.59. The predicted molar refractivity (Wildman–Crippen MR) is 59.5 cm³/mol. The van der Waals surface area contributed by atoms with E-state index in [0.717, 1.165) is 12.8 Å². The van der Waals surface area contributed by atoms with Crippen LogP contribution in [0.3, 0.4) is 0 Å². The summed E-state index contributed by atoms with van der Waals surface area (Å²) >= 11 is 0. The topological polar surface area (TPSA) is 71.1 Å². The summed E-state index contributed by atoms with van der Waals surface area (Å²) in [5.74, 6) is 0.122. The Kier molecular flexibility index (Phi) is 5.67. The minimum absolute atomic E-state index is 0.0339. The lowest BCUT2D eigenvalue weighted by Gasteiger charge is -2.21. The molecule has 106 valence electrons. The van der Waals surface area contributed by atoms with Crippen LogP contribution in [0.5, 0.6) is 0 Å². The number of halogens is 3. The van der Waals surface area contributed by atoms with Crippen LogP contribution in [0, 0.1) is 0 Å². The average molecular weight is 269 g/mol. The van der Waals surface area contributed by atoms with Crippen LogP contribution < -0.4 is 5.73 Å². The predicted octanol–water partition coefficient (Wildman–Crippen LogP) is 1.17. The molecule has 8 heteroatoms. The third-order valence-corrected chi connectivity index (χ3v) is 2.64. The second kappa shape index (κ2) is 6.79. The lowest BCUT2D eigenvalue weighted by molar-refractivity contribution is -0.174. The van der Waals surface area contributed by atoms with Crippen molar-refractivity contribution >= 4 is 5.84 Å². The molecule has 18 heavy (non-hydrogen) atoms. The number of alkyl halides is 3. The van der Waals surface area contributed by atoms with Gasteiger partial charge in [0.15, 0.2) is 0 Å². The van der Waals surface area contributed by atoms with E-state index in [9.17, 15) is 13.2 Å². The first-order valence-corrected chi connectivity index (χ1v) is 5.77. The van der Waals surface area contributed by atoms with Crippen LogP contribution in [0.2, 0.25) is 0 Å². The highest BCUT2D eigenvalue weighted by Crippen LogP contribution is 2.26. The number of hydrogen-bond acceptors (Lipinski definition) is 4. The summed E-state index contributed by atoms with van der Waals surface area (Å²) < 4.78 is 40.1. The molecule has 3 N–H and O–H groups in total. The van der Waals surface area contributed by atoms with E-state index in [1.165, 1.54) is 0 Å². The van der Waals surface area contributed by atoms with E-state index in [1.54, 1.807) is 0 Å². The average Bonchev–Trinajstić information content (AvgIpc) is 3.10. The lowest BCUT2D eigenvalue weighted by atomic mass is 10.3. The molecule has 0 radical (unpaired) electrons. The van der Waals surface area contributed by atoms with E-state index in [1.807, 2.05) is 4.90 Å². The number of ether oxygens (including phenoxy) is 1. The zero-order chi connectivity index (χ0) is 13.6. The molecule has 0 amide bonds. The number of nitrogens with two attached hydrogens (primary N) is 1. The Labute approximate surface area is 103 Å². The first kappa shape index (κ1) is 15.0. The zero-order valence-corrected chi connectivity index (χ0v) is 9.99. The number of oxime groups is 1. The molecule has 1 aliphatic rings. The first-order valence-electron chi connectivity index (χ1n) is 5.77. The van der Waals surface area contributed by atoms with Crippen molar-refractivity contribution in [2.24, 2.45) is 10.9 Å². The second-order valence-corrected chi connectivity index (χ2v) is 4.28. The van der Waals surface area contributed by atoms with Gasteiger partial charge < -0.3 is 15.7 Å². The molecule has 1 aliphatic carbocycles. The maximum absolute atomic E-state index is 11.9. The van der Waals surface area contributed by atoms with Crippen LogP contribution in [-0.2, 0) is 4.74 Å². The third-order valence-electron chi connectivity index (χ3n) is 2.64. The van der Waals surface area contributed by atoms with E-state index in [4.69, 9.17) is 10.9 Å². The molecular formula is C10H18F3N3O2. The number of nitrogens with zero attached hydrogens (tertiary/aromatic N) is 2. The molecule has 0 atom stereocenters. The molecule has 0 aromatic carbocycles. The maximum atomic E-state index is 11.9. The summed E-state index contributed by atoms with van der Waals surface area (Å²) in [7, 11) is 0. The minimum atomic E-state index is -4.28. The summed E-state index contributed by atoms with van der Waals surface area (Å²) in [6, 6.07) is 0.394. The summed E-state index contributed by atoms with van der Waals surface area (Å²) in [4.78, 5) is 2.01. The van der Waals surface area contributed by atoms with Crippen molar-refractivity contribution in [1.29, 1.82) is 0 Å². The normalized spacial score (nSPS) is 17.4. The van der Waals surface area contributed by atoms with Crippen molar-refractivity contribution in [3.63, 3.8) is 0 Å². The molecule has 0 spiro atoms. The Bertz CT molecular complexity index is 280. The highest BCUT2D eigenvalue weighted by Gasteiger charge is 2.30. The van der Waals surface area contributed by atoms with Crippen molar-refractivity contribution in [1.82, 2.24) is 4.90 Å². The number of amidine groups is 1. The Morgan fingerprint density at radius 3 is 2.56 bits per heavy atom. The van der Waals surface area contributed by atoms with Gasteiger partial charge in [-0.3, -0.25) is 4.90 Å². The van der Waals surface area contributed by atoms with Crippen molar-refractivity contribution < 1.29 is 23.1 Å². The van der Waals surface area contributed by atoms with Crippen LogP contribution in [-0.4, -0.2) is 54.5 Å². The van der Waals surface area contributed by atoms with Gasteiger partial charge in [-0.2, -0.15) is 13.2 Å². The SMILES string of the molecule is N/C(CCN(CCOCC(F)(F)F)C1CC1)=N/O. The molecule has 0 aromatic rings. The van der Waals surface area contributed by atoms with E-state index in [2.05, 4.69) is 9.89 Å². The van der Waals surface area contributed by atoms with Crippen molar-refractivity contribution in [2.75, 3.05) is 26.3 Å². The molecule has 1 fully saturated rings. The summed E-state index contributed by atoms with van der Waals surface area (Å²) in [5, 5.41) is 11.3. The van der Waals surface area contributed by atoms with E-state index >= 15 is 0 Å². The Morgan fingerprint density at radius 2 is 2.06 bits per heavy atom. The van der Waals surface area contributed by atoms with Crippen LogP contribution in [0.25, 0.3) is 0 Å². The third kappa shape index (κ3) is 6.65. The maximum Gasteiger partial charge on any atom is 0.411 e. The monoisotopic (exact) mass is 269 g/mol. The van der Waals surface area contributed by atoms with Gasteiger partial charge in [0, 0.05) is 25.6 Å². The van der Waals surface area contributed by atoms with Crippen molar-refractivity contribution in [3.8, 4) is 0 Å². The van der Waals surface area contributed by atoms with Gasteiger partial charge in [-0.25, -0.2) is 0 Å². The van der Waals surface area contributed by atoms with E-state index in [0.29, 0.717) is 25.6 Å². The lowest BCUT2D eigenvalue weighted by Crippen LogP contribution is -2.33. The fourth-order valence-electron chi connectivity index (χ4n) is 1.59. The molecule has 0 bridgehead atoms. The standard InChI is InChI=1S/C10H18F3N3O2/c11-10(12,13)7-18-6-5-16(8-1-2-8)4-3-9(14)15-17/h8,17H,1-7H2,(H2,14,15). The molecule has 0 saturated heterocycles. The Hall–Kier alpha value is -1.02. The van der Waals surface area contributed by atoms with Gasteiger partial charge in [-0.15, -0.1) is 0 Å². The van der Waals surface area contributed by atoms with Gasteiger partial charge in [-0.05, 0) is 12.8 Å². The van der Waals surface area contributed by atoms with Gasteiger partial charge in [0.05, 0.1) is 6.61 Å². The van der Waals surface area contributed by atoms with Crippen LogP contribution in [0.4, 0.5) is 13.2 Å². The largest absolute Gasteiger partial charge is 0.411 e. The Morgan fingerprint density at radius 1 is 1.39 bits per heavy atom. The van der Waals surface area contributed by atoms with Gasteiger partial charge in [0.2, 0.25) is 0 Å². The molecular weight excluding hydrogens is 251 g/mol. The molecule has 1 saturated carbocycles. The fraction of sp³-hybridized carbons (Fsp3) is 0.900. The van der Waals surface area contributed by atoms with Gasteiger partial charge >= 0.3 is 6.18 Å². The van der Waals surface area contributed by atoms with Gasteiger partial charge in [-0.1, -0.05) is 5.16 Å². The number of rotatable bonds is 8. The minimum Gasteiger partial charge on any atom is -0.409 e. The summed E-state index contributed by atoms with van der Waals surface area (Å²) in [5.41, 5.74) is 5.35. The highest BCUT2D eigenvalue weighted by molar-refractivity contribution is 5.79. The van der Waals surface area contributed by atoms with Crippen LogP contribution in [0.1, 0.15) is 19.3 Å². The van der Waals surface area contributed by atoms with E-state index in [-0.39, 0.29) is 12.4 Å². The molecule has 5 nitrogen and oxygen atoms in total. The van der Waals surface area contributed by atoms with Gasteiger partial charge in [0.1, 0.15) is 12.4 Å². The van der Waals surface area contributed by atoms with Gasteiger partial charge in [0.25, 0.3) is 0 Å². The molecule has 0 heterocycles. The first-order chi connectivity index (χ1) is 8.42. The second-order valence-electron chi connectivity index (χ2n) is 4.28. The molecule has 0 aliphatic heterocycles. The van der Waals surface area contributed by atoms with E-state index < -0.39 is 12.8 Å². The summed E-state index contributed by atoms with van der Waals surface area (Å²) in [6.07, 6.45) is -1.81. The van der Waals surface area contributed by atoms with Crippen LogP contribution >= 0.6 is 0 Å². The van der Waals surface area contributed by atoms with Crippen molar-refractivity contribution in [3.05, 3.63) is 0 Å². The smallest absolute Gasteiger partial charge is 0.409 e. The number of hydrogen-bond donors (Lipinski definition) is 2. The molecule has 0 aromatic heterocycles. The van der Waals surface area contributed by atoms with Crippen molar-refractivity contribution in [2.45, 2.75) is 31.5 Å².